The lowest BCUT2D eigenvalue weighted by molar-refractivity contribution is -0.165. The first kappa shape index (κ1) is 17.4. The van der Waals surface area contributed by atoms with E-state index in [9.17, 15) is 14.4 Å². The molecule has 0 heterocycles. The number of nitrogens with two attached hydrogens (primary N) is 3. The first-order valence-corrected chi connectivity index (χ1v) is 5.54. The van der Waals surface area contributed by atoms with Gasteiger partial charge in [0.2, 0.25) is 0 Å². The van der Waals surface area contributed by atoms with Gasteiger partial charge in [-0.25, -0.2) is 9.59 Å². The first-order chi connectivity index (χ1) is 8.70. The topological polar surface area (TPSA) is 168 Å². The molecular weight excluding hydrogens is 258 g/mol. The molecule has 0 rings (SSSR count). The van der Waals surface area contributed by atoms with Crippen LogP contribution in [0.15, 0.2) is 0 Å². The average Bonchev–Trinajstić information content (AvgIpc) is 2.35. The van der Waals surface area contributed by atoms with Crippen molar-refractivity contribution in [3.05, 3.63) is 0 Å². The normalized spacial score (nSPS) is 16.9. The van der Waals surface area contributed by atoms with Crippen molar-refractivity contribution in [3.63, 3.8) is 0 Å². The molecule has 0 spiro atoms. The molecule has 0 aliphatic carbocycles. The van der Waals surface area contributed by atoms with Crippen LogP contribution in [0.2, 0.25) is 0 Å². The van der Waals surface area contributed by atoms with Gasteiger partial charge in [-0.05, 0) is 13.8 Å². The molecule has 0 aliphatic heterocycles. The van der Waals surface area contributed by atoms with Gasteiger partial charge < -0.3 is 31.8 Å². The van der Waals surface area contributed by atoms with Crippen LogP contribution in [0.25, 0.3) is 0 Å². The standard InChI is InChI=1S/C10H19N3O6/c1-4(11)8(15)18-5(2)7(13)10(17)19-9(16)6(12)3-14/h4-7,14H,3,11-13H2,1-2H3/t4-,5+,6-,7-/m0/s1. The monoisotopic (exact) mass is 277 g/mol. The summed E-state index contributed by atoms with van der Waals surface area (Å²) >= 11 is 0. The third-order valence-electron chi connectivity index (χ3n) is 2.15. The van der Waals surface area contributed by atoms with Crippen LogP contribution in [0, 0.1) is 0 Å². The van der Waals surface area contributed by atoms with Crippen molar-refractivity contribution < 1.29 is 29.0 Å². The fraction of sp³-hybridized carbons (Fsp3) is 0.700. The average molecular weight is 277 g/mol. The van der Waals surface area contributed by atoms with Crippen LogP contribution in [0.5, 0.6) is 0 Å². The van der Waals surface area contributed by atoms with Gasteiger partial charge in [0.1, 0.15) is 24.2 Å². The Bertz CT molecular complexity index is 346. The highest BCUT2D eigenvalue weighted by Gasteiger charge is 2.29. The number of hydrogen-bond donors (Lipinski definition) is 4. The number of rotatable bonds is 6. The number of aliphatic hydroxyl groups excluding tert-OH is 1. The number of carbonyl (C=O) groups excluding carboxylic acids is 3. The van der Waals surface area contributed by atoms with Crippen LogP contribution in [-0.4, -0.2) is 53.9 Å². The summed E-state index contributed by atoms with van der Waals surface area (Å²) in [7, 11) is 0. The molecule has 0 aromatic heterocycles. The van der Waals surface area contributed by atoms with Crippen LogP contribution < -0.4 is 17.2 Å². The SMILES string of the molecule is C[C@H](N)C(=O)O[C@H](C)[C@H](N)C(=O)OC(=O)[C@@H](N)CO. The summed E-state index contributed by atoms with van der Waals surface area (Å²) in [6, 6.07) is -3.56. The van der Waals surface area contributed by atoms with Gasteiger partial charge in [-0.2, -0.15) is 0 Å². The molecule has 0 aromatic rings. The molecule has 0 aliphatic rings. The number of hydrogen-bond acceptors (Lipinski definition) is 9. The van der Waals surface area contributed by atoms with Crippen molar-refractivity contribution in [2.24, 2.45) is 17.2 Å². The predicted molar refractivity (Wildman–Crippen MR) is 63.3 cm³/mol. The smallest absolute Gasteiger partial charge is 0.334 e. The molecule has 0 amide bonds. The molecule has 0 bridgehead atoms. The van der Waals surface area contributed by atoms with Crippen LogP contribution in [0.1, 0.15) is 13.8 Å². The fourth-order valence-electron chi connectivity index (χ4n) is 0.873. The third kappa shape index (κ3) is 5.75. The minimum Gasteiger partial charge on any atom is -0.459 e. The van der Waals surface area contributed by atoms with Crippen molar-refractivity contribution in [2.45, 2.75) is 38.1 Å². The number of esters is 3. The van der Waals surface area contributed by atoms with Gasteiger partial charge in [0.25, 0.3) is 0 Å². The molecule has 4 atom stereocenters. The van der Waals surface area contributed by atoms with E-state index in [0.29, 0.717) is 0 Å². The zero-order valence-corrected chi connectivity index (χ0v) is 10.7. The van der Waals surface area contributed by atoms with Gasteiger partial charge in [0, 0.05) is 0 Å². The summed E-state index contributed by atoms with van der Waals surface area (Å²) in [6.07, 6.45) is -1.02. The first-order valence-electron chi connectivity index (χ1n) is 5.54. The minimum atomic E-state index is -1.36. The number of carbonyl (C=O) groups is 3. The maximum atomic E-state index is 11.4. The third-order valence-corrected chi connectivity index (χ3v) is 2.15. The lowest BCUT2D eigenvalue weighted by Gasteiger charge is -2.20. The van der Waals surface area contributed by atoms with Crippen molar-refractivity contribution in [1.82, 2.24) is 0 Å². The van der Waals surface area contributed by atoms with Gasteiger partial charge in [-0.1, -0.05) is 0 Å². The van der Waals surface area contributed by atoms with E-state index in [1.165, 1.54) is 13.8 Å². The largest absolute Gasteiger partial charge is 0.459 e. The van der Waals surface area contributed by atoms with E-state index in [4.69, 9.17) is 27.0 Å². The molecule has 0 radical (unpaired) electrons. The summed E-state index contributed by atoms with van der Waals surface area (Å²) in [5.74, 6) is -2.97. The van der Waals surface area contributed by atoms with Crippen molar-refractivity contribution in [2.75, 3.05) is 6.61 Å². The quantitative estimate of drug-likeness (QED) is 0.291. The molecule has 0 saturated heterocycles. The highest BCUT2D eigenvalue weighted by atomic mass is 16.6. The predicted octanol–water partition coefficient (Wildman–Crippen LogP) is -3.02. The summed E-state index contributed by atoms with van der Waals surface area (Å²) in [5, 5.41) is 8.59. The zero-order valence-electron chi connectivity index (χ0n) is 10.7. The highest BCUT2D eigenvalue weighted by Crippen LogP contribution is 2.02. The summed E-state index contributed by atoms with van der Waals surface area (Å²) < 4.78 is 9.10. The van der Waals surface area contributed by atoms with Crippen LogP contribution in [-0.2, 0) is 23.9 Å². The molecule has 110 valence electrons. The van der Waals surface area contributed by atoms with Crippen LogP contribution in [0.4, 0.5) is 0 Å². The molecule has 7 N–H and O–H groups in total. The fourth-order valence-corrected chi connectivity index (χ4v) is 0.873. The zero-order chi connectivity index (χ0) is 15.2. The Kier molecular flexibility index (Phi) is 7.16. The summed E-state index contributed by atoms with van der Waals surface area (Å²) in [6.45, 7) is 2.09. The lowest BCUT2D eigenvalue weighted by atomic mass is 10.2. The van der Waals surface area contributed by atoms with E-state index in [1.807, 2.05) is 0 Å². The van der Waals surface area contributed by atoms with Gasteiger partial charge in [0.05, 0.1) is 6.61 Å². The van der Waals surface area contributed by atoms with Crippen molar-refractivity contribution in [1.29, 1.82) is 0 Å². The van der Waals surface area contributed by atoms with E-state index in [1.54, 1.807) is 0 Å². The van der Waals surface area contributed by atoms with Crippen LogP contribution in [0.3, 0.4) is 0 Å². The Morgan fingerprint density at radius 1 is 1.05 bits per heavy atom. The van der Waals surface area contributed by atoms with E-state index in [2.05, 4.69) is 4.74 Å². The second kappa shape index (κ2) is 7.79. The van der Waals surface area contributed by atoms with E-state index >= 15 is 0 Å². The minimum absolute atomic E-state index is 0.670. The molecule has 19 heavy (non-hydrogen) atoms. The molecule has 9 nitrogen and oxygen atoms in total. The second-order valence-corrected chi connectivity index (χ2v) is 3.99. The Hall–Kier alpha value is -1.55. The maximum absolute atomic E-state index is 11.4. The van der Waals surface area contributed by atoms with Gasteiger partial charge in [0.15, 0.2) is 0 Å². The van der Waals surface area contributed by atoms with E-state index in [-0.39, 0.29) is 0 Å². The van der Waals surface area contributed by atoms with Gasteiger partial charge in [-0.15, -0.1) is 0 Å². The molecule has 0 unspecified atom stereocenters. The van der Waals surface area contributed by atoms with E-state index < -0.39 is 48.7 Å². The molecule has 0 saturated carbocycles. The molecule has 9 heteroatoms. The number of aliphatic hydroxyl groups is 1. The summed E-state index contributed by atoms with van der Waals surface area (Å²) in [4.78, 5) is 33.8. The van der Waals surface area contributed by atoms with Crippen molar-refractivity contribution >= 4 is 17.9 Å². The summed E-state index contributed by atoms with van der Waals surface area (Å²) in [5.41, 5.74) is 15.9. The van der Waals surface area contributed by atoms with Crippen LogP contribution >= 0.6 is 0 Å². The Morgan fingerprint density at radius 2 is 1.58 bits per heavy atom. The van der Waals surface area contributed by atoms with E-state index in [0.717, 1.165) is 0 Å². The highest BCUT2D eigenvalue weighted by molar-refractivity contribution is 5.91. The maximum Gasteiger partial charge on any atom is 0.334 e. The number of ether oxygens (including phenoxy) is 2. The van der Waals surface area contributed by atoms with Gasteiger partial charge in [-0.3, -0.25) is 4.79 Å². The second-order valence-electron chi connectivity index (χ2n) is 3.99. The molecular formula is C10H19N3O6. The van der Waals surface area contributed by atoms with Crippen molar-refractivity contribution in [3.8, 4) is 0 Å². The Labute approximate surface area is 110 Å². The van der Waals surface area contributed by atoms with Gasteiger partial charge >= 0.3 is 17.9 Å². The Morgan fingerprint density at radius 3 is 2.00 bits per heavy atom. The Balaban J connectivity index is 4.40. The lowest BCUT2D eigenvalue weighted by Crippen LogP contribution is -2.48. The molecule has 0 aromatic carbocycles. The molecule has 0 fully saturated rings.